The van der Waals surface area contributed by atoms with Crippen LogP contribution in [0.15, 0.2) is 18.5 Å². The van der Waals surface area contributed by atoms with E-state index < -0.39 is 70.1 Å². The van der Waals surface area contributed by atoms with Gasteiger partial charge in [0, 0.05) is 38.1 Å². The lowest BCUT2D eigenvalue weighted by atomic mass is 9.52. The molecule has 1 amide bonds. The highest BCUT2D eigenvalue weighted by Crippen LogP contribution is 2.52. The summed E-state index contributed by atoms with van der Waals surface area (Å²) < 4.78 is 0. The van der Waals surface area contributed by atoms with E-state index in [1.807, 2.05) is 6.92 Å². The Hall–Kier alpha value is -4.23. The van der Waals surface area contributed by atoms with Gasteiger partial charge in [0.2, 0.25) is 11.9 Å². The van der Waals surface area contributed by atoms with Crippen LogP contribution in [0.3, 0.4) is 0 Å². The summed E-state index contributed by atoms with van der Waals surface area (Å²) in [6.07, 6.45) is 3.30. The minimum atomic E-state index is -2.78. The first-order valence-corrected chi connectivity index (χ1v) is 13.2. The molecule has 5 N–H and O–H groups in total. The van der Waals surface area contributed by atoms with Crippen molar-refractivity contribution in [3.05, 3.63) is 35.2 Å². The van der Waals surface area contributed by atoms with E-state index in [2.05, 4.69) is 15.3 Å². The first-order chi connectivity index (χ1) is 19.2. The number of aromatic nitrogens is 2. The number of nitrogens with zero attached hydrogens (tertiary/aromatic N) is 4. The van der Waals surface area contributed by atoms with Gasteiger partial charge in [0.1, 0.15) is 5.75 Å². The molecule has 2 fully saturated rings. The number of Topliss-reactive ketones (excluding diaryl/α,β-unsaturated/α-hetero) is 4. The third kappa shape index (κ3) is 4.10. The lowest BCUT2D eigenvalue weighted by molar-refractivity contribution is -0.181. The van der Waals surface area contributed by atoms with Crippen LogP contribution in [-0.4, -0.2) is 94.0 Å². The molecule has 5 rings (SSSR count). The van der Waals surface area contributed by atoms with Crippen LogP contribution in [-0.2, 0) is 25.6 Å². The number of carbonyl (C=O) groups excluding carboxylic acids is 5. The van der Waals surface area contributed by atoms with E-state index in [0.717, 1.165) is 5.56 Å². The number of phenols is 1. The fourth-order valence-corrected chi connectivity index (χ4v) is 6.72. The number of ketones is 4. The molecule has 3 aliphatic carbocycles. The Balaban J connectivity index is 1.64. The largest absolute Gasteiger partial charge is 0.505 e. The molecule has 3 aliphatic rings. The fourth-order valence-electron chi connectivity index (χ4n) is 6.72. The van der Waals surface area contributed by atoms with Gasteiger partial charge in [0.15, 0.2) is 34.7 Å². The third-order valence-electron chi connectivity index (χ3n) is 8.55. The standard InChI is InChI=1S/C28H32N6O7/c1-11-9-30-27(31-10-11)32-15-8-16(33(2)3)13-6-12-7-14-20(34(4)5)23(37)19(26(29)40)25(39)28(14,41)24(38)17(12)22(36)18(13)21(15)35/h8-10,12,14,17,19-20,35,41H,6-7H2,1-5H3,(H2,29,40)(H,30,31,32)/t12?,14?,17?,19?,20-,28-/m0/s1. The van der Waals surface area contributed by atoms with Gasteiger partial charge in [-0.2, -0.15) is 0 Å². The highest BCUT2D eigenvalue weighted by molar-refractivity contribution is 6.32. The Morgan fingerprint density at radius 1 is 1.10 bits per heavy atom. The molecule has 41 heavy (non-hydrogen) atoms. The number of nitrogens with one attached hydrogen (secondary N) is 1. The smallest absolute Gasteiger partial charge is 0.235 e. The van der Waals surface area contributed by atoms with Crippen molar-refractivity contribution in [3.63, 3.8) is 0 Å². The van der Waals surface area contributed by atoms with Crippen molar-refractivity contribution in [1.29, 1.82) is 0 Å². The number of nitrogens with two attached hydrogens (primary N) is 1. The number of aryl methyl sites for hydroxylation is 1. The molecule has 1 aromatic carbocycles. The van der Waals surface area contributed by atoms with E-state index in [1.54, 1.807) is 51.6 Å². The van der Waals surface area contributed by atoms with E-state index in [1.165, 1.54) is 4.90 Å². The van der Waals surface area contributed by atoms with Crippen molar-refractivity contribution in [3.8, 4) is 5.75 Å². The molecule has 1 aromatic heterocycles. The number of primary amides is 1. The zero-order valence-corrected chi connectivity index (χ0v) is 23.3. The van der Waals surface area contributed by atoms with Crippen molar-refractivity contribution in [2.75, 3.05) is 38.4 Å². The molecule has 13 nitrogen and oxygen atoms in total. The Kier molecular flexibility index (Phi) is 6.70. The van der Waals surface area contributed by atoms with Crippen LogP contribution in [0.2, 0.25) is 0 Å². The van der Waals surface area contributed by atoms with Crippen LogP contribution >= 0.6 is 0 Å². The number of fused-ring (bicyclic) bond motifs is 3. The first kappa shape index (κ1) is 28.3. The predicted molar refractivity (Wildman–Crippen MR) is 146 cm³/mol. The molecule has 0 aliphatic heterocycles. The maximum absolute atomic E-state index is 14.1. The lowest BCUT2D eigenvalue weighted by Crippen LogP contribution is -2.74. The number of hydrogen-bond donors (Lipinski definition) is 4. The van der Waals surface area contributed by atoms with Crippen LogP contribution in [0.4, 0.5) is 17.3 Å². The summed E-state index contributed by atoms with van der Waals surface area (Å²) in [5.74, 6) is -10.8. The highest BCUT2D eigenvalue weighted by Gasteiger charge is 2.69. The molecule has 13 heteroatoms. The van der Waals surface area contributed by atoms with Gasteiger partial charge in [-0.3, -0.25) is 28.9 Å². The van der Waals surface area contributed by atoms with Crippen molar-refractivity contribution < 1.29 is 34.2 Å². The van der Waals surface area contributed by atoms with Gasteiger partial charge in [0.05, 0.1) is 23.2 Å². The number of likely N-dealkylation sites (N-methyl/N-ethyl adjacent to an activating group) is 1. The summed E-state index contributed by atoms with van der Waals surface area (Å²) >= 11 is 0. The number of phenolic OH excluding ortho intramolecular Hbond substituents is 1. The SMILES string of the molecule is Cc1cnc(Nc2cc(N(C)C)c3c(c2O)C(=O)C2C(=O)[C@]4(O)C(=O)C(C(N)=O)C(=O)[C@@H](N(C)C)C4CC2C3)nc1. The second-order valence-corrected chi connectivity index (χ2v) is 11.5. The number of benzene rings is 1. The molecule has 0 bridgehead atoms. The quantitative estimate of drug-likeness (QED) is 0.276. The zero-order valence-electron chi connectivity index (χ0n) is 23.3. The van der Waals surface area contributed by atoms with E-state index in [4.69, 9.17) is 5.73 Å². The molecule has 2 aromatic rings. The molecule has 0 saturated heterocycles. The fraction of sp³-hybridized carbons (Fsp3) is 0.464. The highest BCUT2D eigenvalue weighted by atomic mass is 16.3. The topological polar surface area (TPSA) is 196 Å². The number of anilines is 3. The molecular formula is C28H32N6O7. The van der Waals surface area contributed by atoms with Crippen LogP contribution in [0, 0.1) is 30.6 Å². The summed E-state index contributed by atoms with van der Waals surface area (Å²) in [5.41, 5.74) is 4.52. The number of aromatic hydroxyl groups is 1. The molecule has 0 spiro atoms. The lowest BCUT2D eigenvalue weighted by Gasteiger charge is -2.52. The minimum Gasteiger partial charge on any atom is -0.505 e. The van der Waals surface area contributed by atoms with E-state index in [9.17, 15) is 34.2 Å². The summed E-state index contributed by atoms with van der Waals surface area (Å²) in [6.45, 7) is 1.82. The molecule has 2 saturated carbocycles. The third-order valence-corrected chi connectivity index (χ3v) is 8.55. The van der Waals surface area contributed by atoms with Gasteiger partial charge in [0.25, 0.3) is 0 Å². The van der Waals surface area contributed by atoms with Crippen LogP contribution in [0.1, 0.15) is 27.9 Å². The van der Waals surface area contributed by atoms with Crippen LogP contribution in [0.25, 0.3) is 0 Å². The molecule has 6 atom stereocenters. The number of amides is 1. The number of aliphatic hydroxyl groups is 1. The van der Waals surface area contributed by atoms with Crippen LogP contribution in [0.5, 0.6) is 5.75 Å². The normalized spacial score (nSPS) is 29.1. The monoisotopic (exact) mass is 564 g/mol. The summed E-state index contributed by atoms with van der Waals surface area (Å²) in [6, 6.07) is 0.499. The summed E-state index contributed by atoms with van der Waals surface area (Å²) in [5, 5.41) is 26.0. The van der Waals surface area contributed by atoms with E-state index in [0.29, 0.717) is 11.3 Å². The van der Waals surface area contributed by atoms with Gasteiger partial charge < -0.3 is 26.2 Å². The van der Waals surface area contributed by atoms with Gasteiger partial charge in [-0.05, 0) is 57.0 Å². The van der Waals surface area contributed by atoms with E-state index in [-0.39, 0.29) is 30.0 Å². The Morgan fingerprint density at radius 3 is 2.29 bits per heavy atom. The first-order valence-electron chi connectivity index (χ1n) is 13.2. The van der Waals surface area contributed by atoms with Crippen molar-refractivity contribution >= 4 is 46.4 Å². The second kappa shape index (κ2) is 9.70. The average Bonchev–Trinajstić information content (AvgIpc) is 2.88. The Bertz CT molecular complexity index is 1500. The zero-order chi connectivity index (χ0) is 30.1. The maximum Gasteiger partial charge on any atom is 0.235 e. The van der Waals surface area contributed by atoms with Crippen molar-refractivity contribution in [1.82, 2.24) is 14.9 Å². The van der Waals surface area contributed by atoms with Gasteiger partial charge >= 0.3 is 0 Å². The minimum absolute atomic E-state index is 0.0191. The molecular weight excluding hydrogens is 532 g/mol. The number of hydrogen-bond acceptors (Lipinski definition) is 12. The molecule has 4 unspecified atom stereocenters. The van der Waals surface area contributed by atoms with Crippen molar-refractivity contribution in [2.45, 2.75) is 31.4 Å². The van der Waals surface area contributed by atoms with Crippen LogP contribution < -0.4 is 16.0 Å². The predicted octanol–water partition coefficient (Wildman–Crippen LogP) is -0.225. The average molecular weight is 565 g/mol. The summed E-state index contributed by atoms with van der Waals surface area (Å²) in [7, 11) is 6.63. The van der Waals surface area contributed by atoms with E-state index >= 15 is 0 Å². The number of rotatable bonds is 5. The Morgan fingerprint density at radius 2 is 1.73 bits per heavy atom. The van der Waals surface area contributed by atoms with Gasteiger partial charge in [-0.15, -0.1) is 0 Å². The number of carbonyl (C=O) groups is 5. The van der Waals surface area contributed by atoms with Gasteiger partial charge in [-0.25, -0.2) is 9.97 Å². The summed E-state index contributed by atoms with van der Waals surface area (Å²) in [4.78, 5) is 78.5. The Labute approximate surface area is 235 Å². The second-order valence-electron chi connectivity index (χ2n) is 11.5. The molecule has 216 valence electrons. The van der Waals surface area contributed by atoms with Crippen molar-refractivity contribution in [2.24, 2.45) is 29.4 Å². The van der Waals surface area contributed by atoms with Gasteiger partial charge in [-0.1, -0.05) is 0 Å². The molecule has 0 radical (unpaired) electrons. The maximum atomic E-state index is 14.1. The molecule has 1 heterocycles.